The van der Waals surface area contributed by atoms with E-state index in [2.05, 4.69) is 4.72 Å². The van der Waals surface area contributed by atoms with Gasteiger partial charge in [-0.1, -0.05) is 0 Å². The molecular formula is C18H21NO6S. The third-order valence-electron chi connectivity index (χ3n) is 4.06. The average molecular weight is 379 g/mol. The maximum atomic E-state index is 12.8. The van der Waals surface area contributed by atoms with Gasteiger partial charge in [0.05, 0.1) is 19.1 Å². The van der Waals surface area contributed by atoms with Crippen molar-refractivity contribution in [1.29, 1.82) is 0 Å². The smallest absolute Gasteiger partial charge is 0.241 e. The number of ether oxygens (including phenoxy) is 4. The molecule has 0 spiro atoms. The van der Waals surface area contributed by atoms with Crippen molar-refractivity contribution in [2.24, 2.45) is 0 Å². The second-order valence-electron chi connectivity index (χ2n) is 5.76. The molecule has 3 rings (SSSR count). The normalized spacial score (nSPS) is 14.6. The molecule has 1 atom stereocenters. The van der Waals surface area contributed by atoms with Gasteiger partial charge >= 0.3 is 0 Å². The summed E-state index contributed by atoms with van der Waals surface area (Å²) in [5.74, 6) is 2.15. The zero-order valence-electron chi connectivity index (χ0n) is 14.8. The number of rotatable bonds is 6. The minimum absolute atomic E-state index is 0.107. The van der Waals surface area contributed by atoms with E-state index in [0.717, 1.165) is 0 Å². The highest BCUT2D eigenvalue weighted by atomic mass is 32.2. The lowest BCUT2D eigenvalue weighted by atomic mass is 10.1. The lowest BCUT2D eigenvalue weighted by molar-refractivity contribution is 0.171. The van der Waals surface area contributed by atoms with E-state index in [1.54, 1.807) is 38.3 Å². The summed E-state index contributed by atoms with van der Waals surface area (Å²) >= 11 is 0. The van der Waals surface area contributed by atoms with Crippen molar-refractivity contribution in [2.45, 2.75) is 17.9 Å². The van der Waals surface area contributed by atoms with Crippen molar-refractivity contribution in [3.63, 3.8) is 0 Å². The molecule has 2 aromatic carbocycles. The molecule has 8 heteroatoms. The molecule has 0 saturated heterocycles. The highest BCUT2D eigenvalue weighted by Gasteiger charge is 2.23. The summed E-state index contributed by atoms with van der Waals surface area (Å²) in [6, 6.07) is 9.26. The predicted octanol–water partition coefficient (Wildman–Crippen LogP) is 2.51. The van der Waals surface area contributed by atoms with Crippen molar-refractivity contribution in [2.75, 3.05) is 27.4 Å². The quantitative estimate of drug-likeness (QED) is 0.830. The Morgan fingerprint density at radius 3 is 2.42 bits per heavy atom. The first kappa shape index (κ1) is 18.3. The van der Waals surface area contributed by atoms with Crippen LogP contribution in [-0.2, 0) is 10.0 Å². The van der Waals surface area contributed by atoms with Crippen molar-refractivity contribution in [3.8, 4) is 23.0 Å². The lowest BCUT2D eigenvalue weighted by Crippen LogP contribution is -2.27. The molecule has 0 bridgehead atoms. The molecule has 0 saturated carbocycles. The molecule has 26 heavy (non-hydrogen) atoms. The lowest BCUT2D eigenvalue weighted by Gasteiger charge is -2.20. The van der Waals surface area contributed by atoms with Gasteiger partial charge in [0.25, 0.3) is 0 Å². The Hall–Kier alpha value is -2.45. The molecule has 0 fully saturated rings. The first-order valence-electron chi connectivity index (χ1n) is 8.08. The van der Waals surface area contributed by atoms with Gasteiger partial charge < -0.3 is 18.9 Å². The molecular weight excluding hydrogens is 358 g/mol. The minimum atomic E-state index is -3.77. The molecule has 0 amide bonds. The van der Waals surface area contributed by atoms with Gasteiger partial charge in [0.1, 0.15) is 24.7 Å². The first-order chi connectivity index (χ1) is 12.4. The van der Waals surface area contributed by atoms with E-state index in [4.69, 9.17) is 18.9 Å². The third-order valence-corrected chi connectivity index (χ3v) is 5.60. The van der Waals surface area contributed by atoms with Crippen LogP contribution in [0.4, 0.5) is 0 Å². The fourth-order valence-corrected chi connectivity index (χ4v) is 3.97. The van der Waals surface area contributed by atoms with Crippen molar-refractivity contribution < 1.29 is 27.4 Å². The summed E-state index contributed by atoms with van der Waals surface area (Å²) < 4.78 is 49.7. The maximum absolute atomic E-state index is 12.8. The number of hydrogen-bond donors (Lipinski definition) is 1. The summed E-state index contributed by atoms with van der Waals surface area (Å²) in [4.78, 5) is 0.107. The Kier molecular flexibility index (Phi) is 5.24. The van der Waals surface area contributed by atoms with Gasteiger partial charge in [0.15, 0.2) is 11.5 Å². The zero-order valence-corrected chi connectivity index (χ0v) is 15.6. The van der Waals surface area contributed by atoms with E-state index in [1.165, 1.54) is 19.2 Å². The molecule has 0 aromatic heterocycles. The molecule has 0 aliphatic carbocycles. The molecule has 7 nitrogen and oxygen atoms in total. The fraction of sp³-hybridized carbons (Fsp3) is 0.333. The molecule has 1 aliphatic heterocycles. The monoisotopic (exact) mass is 379 g/mol. The van der Waals surface area contributed by atoms with Crippen molar-refractivity contribution in [1.82, 2.24) is 4.72 Å². The Balaban J connectivity index is 1.87. The van der Waals surface area contributed by atoms with Crippen LogP contribution < -0.4 is 23.7 Å². The molecule has 0 unspecified atom stereocenters. The van der Waals surface area contributed by atoms with Crippen molar-refractivity contribution in [3.05, 3.63) is 42.0 Å². The zero-order chi connectivity index (χ0) is 18.7. The second kappa shape index (κ2) is 7.43. The summed E-state index contributed by atoms with van der Waals surface area (Å²) in [7, 11) is -0.681. The number of sulfonamides is 1. The fourth-order valence-electron chi connectivity index (χ4n) is 2.73. The summed E-state index contributed by atoms with van der Waals surface area (Å²) in [6.45, 7) is 2.58. The highest BCUT2D eigenvalue weighted by molar-refractivity contribution is 7.89. The van der Waals surface area contributed by atoms with Gasteiger partial charge in [-0.15, -0.1) is 0 Å². The van der Waals surface area contributed by atoms with Gasteiger partial charge in [-0.05, 0) is 37.3 Å². The van der Waals surface area contributed by atoms with Gasteiger partial charge in [-0.25, -0.2) is 13.1 Å². The Labute approximate surface area is 152 Å². The number of fused-ring (bicyclic) bond motifs is 1. The standard InChI is InChI=1S/C18H21NO6S/c1-12(15-10-13(22-2)4-6-16(15)23-3)19-26(20,21)14-5-7-17-18(11-14)25-9-8-24-17/h4-7,10-12,19H,8-9H2,1-3H3/t12-/m0/s1. The largest absolute Gasteiger partial charge is 0.497 e. The summed E-state index contributed by atoms with van der Waals surface area (Å²) in [5.41, 5.74) is 0.674. The minimum Gasteiger partial charge on any atom is -0.497 e. The number of nitrogens with one attached hydrogen (secondary N) is 1. The van der Waals surface area contributed by atoms with Crippen LogP contribution in [0.25, 0.3) is 0 Å². The van der Waals surface area contributed by atoms with E-state index in [9.17, 15) is 8.42 Å². The second-order valence-corrected chi connectivity index (χ2v) is 7.47. The van der Waals surface area contributed by atoms with Crippen LogP contribution in [0.5, 0.6) is 23.0 Å². The molecule has 140 valence electrons. The van der Waals surface area contributed by atoms with Crippen LogP contribution in [-0.4, -0.2) is 35.9 Å². The molecule has 2 aromatic rings. The van der Waals surface area contributed by atoms with E-state index >= 15 is 0 Å². The molecule has 1 heterocycles. The van der Waals surface area contributed by atoms with Gasteiger partial charge in [-0.3, -0.25) is 0 Å². The Morgan fingerprint density at radius 2 is 1.73 bits per heavy atom. The first-order valence-corrected chi connectivity index (χ1v) is 9.57. The van der Waals surface area contributed by atoms with E-state index in [0.29, 0.717) is 41.8 Å². The summed E-state index contributed by atoms with van der Waals surface area (Å²) in [5, 5.41) is 0. The SMILES string of the molecule is COc1ccc(OC)c([C@H](C)NS(=O)(=O)c2ccc3c(c2)OCCO3)c1. The van der Waals surface area contributed by atoms with Crippen LogP contribution in [0.1, 0.15) is 18.5 Å². The average Bonchev–Trinajstić information content (AvgIpc) is 2.66. The highest BCUT2D eigenvalue weighted by Crippen LogP contribution is 2.34. The van der Waals surface area contributed by atoms with Gasteiger partial charge in [0.2, 0.25) is 10.0 Å². The van der Waals surface area contributed by atoms with E-state index < -0.39 is 16.1 Å². The van der Waals surface area contributed by atoms with Crippen LogP contribution in [0.3, 0.4) is 0 Å². The Morgan fingerprint density at radius 1 is 1.00 bits per heavy atom. The number of benzene rings is 2. The van der Waals surface area contributed by atoms with Gasteiger partial charge in [-0.2, -0.15) is 0 Å². The molecule has 0 radical (unpaired) electrons. The molecule has 1 N–H and O–H groups in total. The maximum Gasteiger partial charge on any atom is 0.241 e. The topological polar surface area (TPSA) is 83.1 Å². The van der Waals surface area contributed by atoms with E-state index in [1.807, 2.05) is 0 Å². The Bertz CT molecular complexity index is 897. The van der Waals surface area contributed by atoms with Crippen LogP contribution in [0.2, 0.25) is 0 Å². The van der Waals surface area contributed by atoms with Crippen LogP contribution in [0, 0.1) is 0 Å². The van der Waals surface area contributed by atoms with Gasteiger partial charge in [0, 0.05) is 17.7 Å². The third kappa shape index (κ3) is 3.71. The molecule has 1 aliphatic rings. The van der Waals surface area contributed by atoms with Crippen LogP contribution in [0.15, 0.2) is 41.3 Å². The number of hydrogen-bond acceptors (Lipinski definition) is 6. The van der Waals surface area contributed by atoms with E-state index in [-0.39, 0.29) is 4.90 Å². The summed E-state index contributed by atoms with van der Waals surface area (Å²) in [6.07, 6.45) is 0. The number of methoxy groups -OCH3 is 2. The van der Waals surface area contributed by atoms with Crippen molar-refractivity contribution >= 4 is 10.0 Å². The predicted molar refractivity (Wildman–Crippen MR) is 95.7 cm³/mol. The van der Waals surface area contributed by atoms with Crippen LogP contribution >= 0.6 is 0 Å².